The second-order valence-corrected chi connectivity index (χ2v) is 15.0. The van der Waals surface area contributed by atoms with Crippen LogP contribution in [0.4, 0.5) is 0 Å². The second kappa shape index (κ2) is 22.0. The average molecular weight is 833 g/mol. The maximum Gasteiger partial charge on any atom is 0.338 e. The first kappa shape index (κ1) is 43.8. The smallest absolute Gasteiger partial charge is 0.338 e. The summed E-state index contributed by atoms with van der Waals surface area (Å²) in [4.78, 5) is 26.5. The summed E-state index contributed by atoms with van der Waals surface area (Å²) in [5.74, 6) is -1.41. The lowest BCUT2D eigenvalue weighted by Gasteiger charge is -2.49. The van der Waals surface area contributed by atoms with Gasteiger partial charge in [0.05, 0.1) is 44.7 Å². The van der Waals surface area contributed by atoms with Crippen LogP contribution in [0.1, 0.15) is 46.5 Å². The number of hydrogen-bond donors (Lipinski definition) is 1. The molecular weight excluding hydrogens is 781 g/mol. The molecule has 0 amide bonds. The molecule has 0 saturated carbocycles. The summed E-state index contributed by atoms with van der Waals surface area (Å²) in [6, 6.07) is 47.0. The van der Waals surface area contributed by atoms with Crippen molar-refractivity contribution in [3.63, 3.8) is 0 Å². The molecule has 0 aromatic heterocycles. The molecule has 0 unspecified atom stereocenters. The topological polar surface area (TPSA) is 137 Å². The van der Waals surface area contributed by atoms with Gasteiger partial charge in [-0.3, -0.25) is 4.79 Å². The highest BCUT2D eigenvalue weighted by Crippen LogP contribution is 2.36. The van der Waals surface area contributed by atoms with E-state index in [1.165, 1.54) is 6.92 Å². The molecule has 0 aliphatic carbocycles. The molecule has 5 aromatic rings. The summed E-state index contributed by atoms with van der Waals surface area (Å²) in [6.07, 6.45) is -11.2. The van der Waals surface area contributed by atoms with Crippen LogP contribution in [-0.2, 0) is 73.9 Å². The Bertz CT molecular complexity index is 2060. The van der Waals surface area contributed by atoms with Gasteiger partial charge < -0.3 is 47.7 Å². The Kier molecular flexibility index (Phi) is 15.8. The van der Waals surface area contributed by atoms with E-state index in [0.29, 0.717) is 0 Å². The van der Waals surface area contributed by atoms with Crippen molar-refractivity contribution in [3.8, 4) is 0 Å². The summed E-state index contributed by atoms with van der Waals surface area (Å²) in [7, 11) is 0. The van der Waals surface area contributed by atoms with E-state index in [4.69, 9.17) is 42.6 Å². The molecular formula is C49H52O12. The van der Waals surface area contributed by atoms with Crippen LogP contribution >= 0.6 is 0 Å². The molecule has 12 heteroatoms. The van der Waals surface area contributed by atoms with Crippen molar-refractivity contribution in [3.05, 3.63) is 179 Å². The molecule has 2 fully saturated rings. The highest BCUT2D eigenvalue weighted by atomic mass is 16.7. The van der Waals surface area contributed by atoms with Crippen molar-refractivity contribution in [2.45, 2.75) is 102 Å². The fourth-order valence-corrected chi connectivity index (χ4v) is 7.41. The molecule has 0 bridgehead atoms. The molecule has 0 radical (unpaired) electrons. The molecule has 12 nitrogen and oxygen atoms in total. The first-order chi connectivity index (χ1) is 29.8. The summed E-state index contributed by atoms with van der Waals surface area (Å²) in [6.45, 7) is 3.83. The van der Waals surface area contributed by atoms with Crippen molar-refractivity contribution in [2.24, 2.45) is 0 Å². The molecule has 7 rings (SSSR count). The summed E-state index contributed by atoms with van der Waals surface area (Å²) in [5.41, 5.74) is 3.90. The molecule has 1 N–H and O–H groups in total. The van der Waals surface area contributed by atoms with Gasteiger partial charge in [0, 0.05) is 6.92 Å². The highest BCUT2D eigenvalue weighted by molar-refractivity contribution is 5.89. The first-order valence-corrected chi connectivity index (χ1v) is 20.5. The molecule has 5 aromatic carbocycles. The second-order valence-electron chi connectivity index (χ2n) is 15.0. The van der Waals surface area contributed by atoms with Crippen LogP contribution in [0, 0.1) is 0 Å². The molecule has 2 aliphatic rings. The maximum absolute atomic E-state index is 13.6. The van der Waals surface area contributed by atoms with E-state index in [9.17, 15) is 14.7 Å². The number of carbonyl (C=O) groups is 2. The number of benzene rings is 5. The number of carbonyl (C=O) groups excluding carboxylic acids is 2. The molecule has 10 atom stereocenters. The monoisotopic (exact) mass is 832 g/mol. The zero-order valence-corrected chi connectivity index (χ0v) is 34.2. The van der Waals surface area contributed by atoms with Gasteiger partial charge in [0.25, 0.3) is 0 Å². The van der Waals surface area contributed by atoms with Gasteiger partial charge in [-0.15, -0.1) is 0 Å². The number of ether oxygens (including phenoxy) is 9. The Morgan fingerprint density at radius 1 is 0.525 bits per heavy atom. The highest BCUT2D eigenvalue weighted by Gasteiger charge is 2.55. The average Bonchev–Trinajstić information content (AvgIpc) is 3.28. The van der Waals surface area contributed by atoms with Crippen molar-refractivity contribution in [1.29, 1.82) is 0 Å². The van der Waals surface area contributed by atoms with E-state index >= 15 is 0 Å². The maximum atomic E-state index is 13.6. The quantitative estimate of drug-likeness (QED) is 0.0914. The van der Waals surface area contributed by atoms with E-state index in [1.54, 1.807) is 30.3 Å². The lowest BCUT2D eigenvalue weighted by molar-refractivity contribution is -0.363. The Morgan fingerprint density at radius 3 is 1.49 bits per heavy atom. The van der Waals surface area contributed by atoms with Crippen LogP contribution in [-0.4, -0.2) is 85.1 Å². The van der Waals surface area contributed by atoms with Crippen molar-refractivity contribution >= 4 is 11.9 Å². The van der Waals surface area contributed by atoms with Crippen LogP contribution < -0.4 is 0 Å². The van der Waals surface area contributed by atoms with E-state index in [0.717, 1.165) is 22.3 Å². The SMILES string of the molecule is CC(=O)O[C@H]1[C@H](O[C@@H]2O[C@@H](C)[C@@H](OCc3ccccc3)[C@@H](OCc3ccccc3)[C@@H]2OCc2ccccc2)[C@@H](OC(=O)c2ccccc2)[C@@H](O)O[C@@H]1COCc1ccccc1. The Morgan fingerprint density at radius 2 is 0.984 bits per heavy atom. The van der Waals surface area contributed by atoms with Crippen molar-refractivity contribution in [2.75, 3.05) is 6.61 Å². The van der Waals surface area contributed by atoms with Gasteiger partial charge in [-0.05, 0) is 41.3 Å². The minimum atomic E-state index is -1.73. The third-order valence-electron chi connectivity index (χ3n) is 10.4. The Labute approximate surface area is 356 Å². The molecule has 2 heterocycles. The van der Waals surface area contributed by atoms with E-state index < -0.39 is 73.4 Å². The molecule has 2 saturated heterocycles. The molecule has 2 aliphatic heterocycles. The number of aliphatic hydroxyl groups excluding tert-OH is 1. The number of esters is 2. The normalized spacial score (nSPS) is 26.3. The van der Waals surface area contributed by atoms with Gasteiger partial charge in [0.2, 0.25) is 0 Å². The lowest BCUT2D eigenvalue weighted by atomic mass is 9.96. The third kappa shape index (κ3) is 12.2. The van der Waals surface area contributed by atoms with Crippen LogP contribution in [0.15, 0.2) is 152 Å². The summed E-state index contributed by atoms with van der Waals surface area (Å²) < 4.78 is 57.7. The third-order valence-corrected chi connectivity index (χ3v) is 10.4. The summed E-state index contributed by atoms with van der Waals surface area (Å²) >= 11 is 0. The van der Waals surface area contributed by atoms with Gasteiger partial charge in [-0.2, -0.15) is 0 Å². The van der Waals surface area contributed by atoms with Crippen LogP contribution in [0.25, 0.3) is 0 Å². The van der Waals surface area contributed by atoms with Crippen LogP contribution in [0.2, 0.25) is 0 Å². The predicted molar refractivity (Wildman–Crippen MR) is 222 cm³/mol. The molecule has 61 heavy (non-hydrogen) atoms. The number of hydrogen-bond acceptors (Lipinski definition) is 12. The van der Waals surface area contributed by atoms with Crippen LogP contribution in [0.5, 0.6) is 0 Å². The van der Waals surface area contributed by atoms with E-state index in [1.807, 2.05) is 128 Å². The van der Waals surface area contributed by atoms with Gasteiger partial charge in [0.15, 0.2) is 24.8 Å². The van der Waals surface area contributed by atoms with Crippen molar-refractivity contribution < 1.29 is 57.3 Å². The Balaban J connectivity index is 1.23. The molecule has 0 spiro atoms. The first-order valence-electron chi connectivity index (χ1n) is 20.5. The minimum absolute atomic E-state index is 0.114. The van der Waals surface area contributed by atoms with Gasteiger partial charge in [0.1, 0.15) is 30.5 Å². The minimum Gasteiger partial charge on any atom is -0.457 e. The van der Waals surface area contributed by atoms with Crippen LogP contribution in [0.3, 0.4) is 0 Å². The van der Waals surface area contributed by atoms with Gasteiger partial charge >= 0.3 is 11.9 Å². The fourth-order valence-electron chi connectivity index (χ4n) is 7.41. The number of aliphatic hydroxyl groups is 1. The largest absolute Gasteiger partial charge is 0.457 e. The van der Waals surface area contributed by atoms with Crippen molar-refractivity contribution in [1.82, 2.24) is 0 Å². The Hall–Kier alpha value is -5.28. The standard InChI is InChI=1S/C49H52O12/c1-33-41(54-29-36-20-10-4-11-21-36)43(55-30-37-22-12-5-13-23-37)46(56-31-38-24-14-6-15-25-38)49(57-33)61-44-42(58-34(2)50)40(32-53-28-35-18-8-3-9-19-35)59-48(52)45(44)60-47(51)39-26-16-7-17-27-39/h3-27,33,40-46,48-49,52H,28-32H2,1-2H3/t33-,40+,41+,42+,43+,44-,45+,46-,48-,49-/m0/s1. The van der Waals surface area contributed by atoms with E-state index in [-0.39, 0.29) is 38.6 Å². The fraction of sp³-hybridized carbons (Fsp3) is 0.347. The van der Waals surface area contributed by atoms with Gasteiger partial charge in [-0.1, -0.05) is 140 Å². The van der Waals surface area contributed by atoms with E-state index in [2.05, 4.69) is 0 Å². The zero-order valence-electron chi connectivity index (χ0n) is 34.2. The number of rotatable bonds is 18. The predicted octanol–water partition coefficient (Wildman–Crippen LogP) is 6.96. The lowest BCUT2D eigenvalue weighted by Crippen LogP contribution is -2.66. The molecule has 320 valence electrons. The van der Waals surface area contributed by atoms with Gasteiger partial charge in [-0.25, -0.2) is 4.79 Å². The zero-order chi connectivity index (χ0) is 42.4. The summed E-state index contributed by atoms with van der Waals surface area (Å²) in [5, 5.41) is 11.7.